The molecule has 0 aliphatic heterocycles. The van der Waals surface area contributed by atoms with Gasteiger partial charge in [-0.05, 0) is 90.7 Å². The van der Waals surface area contributed by atoms with E-state index in [-0.39, 0.29) is 23.5 Å². The summed E-state index contributed by atoms with van der Waals surface area (Å²) in [6.07, 6.45) is 16.3. The Bertz CT molecular complexity index is 960. The minimum Gasteiger partial charge on any atom is -0.431 e. The lowest BCUT2D eigenvalue weighted by Gasteiger charge is -2.58. The molecule has 6 nitrogen and oxygen atoms in total. The maximum atomic E-state index is 11.8. The summed E-state index contributed by atoms with van der Waals surface area (Å²) in [7, 11) is 1.57. The number of hydrogen-bond acceptors (Lipinski definition) is 6. The molecule has 5 rings (SSSR count). The molecule has 0 amide bonds. The van der Waals surface area contributed by atoms with Crippen molar-refractivity contribution in [3.05, 3.63) is 47.8 Å². The molecule has 2 fully saturated rings. The largest absolute Gasteiger partial charge is 0.527 e. The second-order valence-electron chi connectivity index (χ2n) is 11.0. The first-order valence-corrected chi connectivity index (χ1v) is 12.9. The van der Waals surface area contributed by atoms with Crippen LogP contribution in [0.4, 0.5) is 4.79 Å². The molecule has 0 bridgehead atoms. The van der Waals surface area contributed by atoms with Crippen molar-refractivity contribution in [1.29, 1.82) is 0 Å². The number of carbonyl (C=O) groups excluding carboxylic acids is 1. The number of rotatable bonds is 6. The summed E-state index contributed by atoms with van der Waals surface area (Å²) in [5, 5.41) is 0. The number of nitrogens with zero attached hydrogens (tertiary/aromatic N) is 1. The van der Waals surface area contributed by atoms with E-state index in [4.69, 9.17) is 14.3 Å². The average molecular weight is 467 g/mol. The van der Waals surface area contributed by atoms with Gasteiger partial charge >= 0.3 is 6.16 Å². The van der Waals surface area contributed by atoms with Crippen molar-refractivity contribution in [2.45, 2.75) is 64.8 Å². The van der Waals surface area contributed by atoms with Crippen LogP contribution in [-0.2, 0) is 14.3 Å². The van der Waals surface area contributed by atoms with Crippen molar-refractivity contribution in [3.63, 3.8) is 0 Å². The minimum atomic E-state index is -0.697. The highest BCUT2D eigenvalue weighted by atomic mass is 16.8. The highest BCUT2D eigenvalue weighted by Gasteiger charge is 2.57. The van der Waals surface area contributed by atoms with Gasteiger partial charge in [0.1, 0.15) is 6.61 Å². The number of pyridine rings is 1. The van der Waals surface area contributed by atoms with Crippen LogP contribution in [0.15, 0.2) is 42.3 Å². The van der Waals surface area contributed by atoms with Crippen LogP contribution >= 0.6 is 0 Å². The number of fused-ring (bicyclic) bond motifs is 5. The molecule has 6 unspecified atom stereocenters. The number of ether oxygens (including phenoxy) is 2. The summed E-state index contributed by atoms with van der Waals surface area (Å²) in [6.45, 7) is 5.57. The van der Waals surface area contributed by atoms with E-state index in [1.807, 2.05) is 12.4 Å². The Balaban J connectivity index is 1.26. The predicted molar refractivity (Wildman–Crippen MR) is 131 cm³/mol. The molecule has 0 radical (unpaired) electrons. The van der Waals surface area contributed by atoms with E-state index in [9.17, 15) is 4.79 Å². The van der Waals surface area contributed by atoms with Gasteiger partial charge in [0.2, 0.25) is 0 Å². The van der Waals surface area contributed by atoms with E-state index in [0.29, 0.717) is 6.61 Å². The fourth-order valence-electron chi connectivity index (χ4n) is 7.72. The van der Waals surface area contributed by atoms with Gasteiger partial charge in [0.25, 0.3) is 0 Å². The quantitative estimate of drug-likeness (QED) is 0.251. The summed E-state index contributed by atoms with van der Waals surface area (Å²) >= 11 is 0. The van der Waals surface area contributed by atoms with Gasteiger partial charge < -0.3 is 14.3 Å². The van der Waals surface area contributed by atoms with Crippen molar-refractivity contribution >= 4 is 11.7 Å². The zero-order chi connectivity index (χ0) is 23.8. The molecule has 34 heavy (non-hydrogen) atoms. The minimum absolute atomic E-state index is 0.0498. The summed E-state index contributed by atoms with van der Waals surface area (Å²) in [5.74, 6) is 2.22. The van der Waals surface area contributed by atoms with E-state index < -0.39 is 6.16 Å². The Labute approximate surface area is 203 Å². The number of methoxy groups -OCH3 is 1. The lowest BCUT2D eigenvalue weighted by Crippen LogP contribution is -2.51. The molecular weight excluding hydrogens is 428 g/mol. The molecule has 6 atom stereocenters. The van der Waals surface area contributed by atoms with E-state index >= 15 is 0 Å². The molecule has 0 aromatic carbocycles. The van der Waals surface area contributed by atoms with Crippen LogP contribution in [-0.4, -0.2) is 37.5 Å². The first kappa shape index (κ1) is 23.6. The molecule has 6 heteroatoms. The van der Waals surface area contributed by atoms with Gasteiger partial charge in [-0.1, -0.05) is 37.6 Å². The van der Waals surface area contributed by atoms with Gasteiger partial charge in [0, 0.05) is 19.5 Å². The molecule has 1 aromatic heterocycles. The first-order valence-electron chi connectivity index (χ1n) is 12.9. The summed E-state index contributed by atoms with van der Waals surface area (Å²) < 4.78 is 9.87. The van der Waals surface area contributed by atoms with Gasteiger partial charge in [-0.2, -0.15) is 0 Å². The molecule has 0 saturated heterocycles. The van der Waals surface area contributed by atoms with E-state index in [1.54, 1.807) is 12.7 Å². The van der Waals surface area contributed by atoms with Gasteiger partial charge in [-0.25, -0.2) is 4.79 Å². The van der Waals surface area contributed by atoms with Crippen molar-refractivity contribution in [3.8, 4) is 0 Å². The second kappa shape index (κ2) is 9.46. The fraction of sp³-hybridized carbons (Fsp3) is 0.643. The zero-order valence-electron chi connectivity index (χ0n) is 20.7. The molecule has 184 valence electrons. The molecule has 4 aliphatic carbocycles. The Hall–Kier alpha value is -2.18. The number of nitrogens with one attached hydrogen (secondary N) is 1. The van der Waals surface area contributed by atoms with E-state index in [0.717, 1.165) is 37.0 Å². The van der Waals surface area contributed by atoms with Crippen LogP contribution in [0.25, 0.3) is 5.57 Å². The van der Waals surface area contributed by atoms with Crippen LogP contribution in [0.1, 0.15) is 64.4 Å². The number of aromatic nitrogens is 1. The lowest BCUT2D eigenvalue weighted by atomic mass is 9.46. The predicted octanol–water partition coefficient (Wildman–Crippen LogP) is 5.71. The van der Waals surface area contributed by atoms with Crippen molar-refractivity contribution in [2.24, 2.45) is 28.6 Å². The highest BCUT2D eigenvalue weighted by molar-refractivity contribution is 5.72. The smallest absolute Gasteiger partial charge is 0.431 e. The van der Waals surface area contributed by atoms with Crippen LogP contribution in [0.5, 0.6) is 0 Å². The van der Waals surface area contributed by atoms with Crippen LogP contribution in [0.3, 0.4) is 0 Å². The average Bonchev–Trinajstić information content (AvgIpc) is 3.20. The fourth-order valence-corrected chi connectivity index (χ4v) is 7.72. The third-order valence-electron chi connectivity index (χ3n) is 9.47. The second-order valence-corrected chi connectivity index (χ2v) is 11.0. The monoisotopic (exact) mass is 466 g/mol. The zero-order valence-corrected chi connectivity index (χ0v) is 20.7. The van der Waals surface area contributed by atoms with Gasteiger partial charge in [0.15, 0.2) is 0 Å². The normalized spacial score (nSPS) is 36.4. The maximum Gasteiger partial charge on any atom is 0.527 e. The molecule has 1 heterocycles. The highest BCUT2D eigenvalue weighted by Crippen LogP contribution is 2.66. The van der Waals surface area contributed by atoms with Crippen molar-refractivity contribution < 1.29 is 19.1 Å². The lowest BCUT2D eigenvalue weighted by molar-refractivity contribution is -0.0312. The third-order valence-corrected chi connectivity index (χ3v) is 9.47. The van der Waals surface area contributed by atoms with E-state index in [1.165, 1.54) is 36.8 Å². The Kier molecular flexibility index (Phi) is 6.56. The standard InChI is InChI=1S/C28H38N2O4/c1-27-12-10-21(30-34-26(31)33-16-15-32-3)17-20(27)6-7-22-24-9-8-23(19-5-4-14-29-18-19)28(24,2)13-11-25(22)27/h4-5,8,14,17-18,21-22,24-25,30H,6-7,9-13,15-16H2,1-3H3. The maximum absolute atomic E-state index is 11.8. The van der Waals surface area contributed by atoms with Crippen molar-refractivity contribution in [1.82, 2.24) is 10.5 Å². The number of hydrogen-bond donors (Lipinski definition) is 1. The first-order chi connectivity index (χ1) is 16.5. The number of allylic oxidation sites excluding steroid dienone is 3. The molecule has 1 aromatic rings. The SMILES string of the molecule is COCCOC(=O)ONC1C=C2CCC3C(CCC4(C)C(c5cccnc5)=CCC34)C2(C)CC1. The summed E-state index contributed by atoms with van der Waals surface area (Å²) in [5.41, 5.74) is 7.83. The molecule has 2 saturated carbocycles. The third kappa shape index (κ3) is 4.09. The van der Waals surface area contributed by atoms with Crippen LogP contribution in [0.2, 0.25) is 0 Å². The molecular formula is C28H38N2O4. The Morgan fingerprint density at radius 3 is 2.79 bits per heavy atom. The number of hydroxylamine groups is 1. The van der Waals surface area contributed by atoms with Gasteiger partial charge in [0.05, 0.1) is 12.6 Å². The van der Waals surface area contributed by atoms with Crippen molar-refractivity contribution in [2.75, 3.05) is 20.3 Å². The van der Waals surface area contributed by atoms with Gasteiger partial charge in [-0.3, -0.25) is 4.98 Å². The van der Waals surface area contributed by atoms with Gasteiger partial charge in [-0.15, -0.1) is 5.48 Å². The Morgan fingerprint density at radius 1 is 1.15 bits per heavy atom. The molecule has 4 aliphatic rings. The Morgan fingerprint density at radius 2 is 2.00 bits per heavy atom. The van der Waals surface area contributed by atoms with Crippen LogP contribution < -0.4 is 5.48 Å². The number of carbonyl (C=O) groups is 1. The summed E-state index contributed by atoms with van der Waals surface area (Å²) in [4.78, 5) is 21.3. The van der Waals surface area contributed by atoms with E-state index in [2.05, 4.69) is 48.6 Å². The summed E-state index contributed by atoms with van der Waals surface area (Å²) in [6, 6.07) is 4.34. The topological polar surface area (TPSA) is 69.7 Å². The molecule has 0 spiro atoms. The molecule has 1 N–H and O–H groups in total. The van der Waals surface area contributed by atoms with Crippen LogP contribution in [0, 0.1) is 28.6 Å².